The number of rotatable bonds is 3. The molecule has 2 heterocycles. The van der Waals surface area contributed by atoms with Crippen molar-refractivity contribution in [3.63, 3.8) is 0 Å². The van der Waals surface area contributed by atoms with Crippen LogP contribution in [0.25, 0.3) is 0 Å². The summed E-state index contributed by atoms with van der Waals surface area (Å²) >= 11 is 0. The van der Waals surface area contributed by atoms with E-state index in [2.05, 4.69) is 31.9 Å². The van der Waals surface area contributed by atoms with Crippen molar-refractivity contribution >= 4 is 6.03 Å². The van der Waals surface area contributed by atoms with Crippen LogP contribution >= 0.6 is 0 Å². The van der Waals surface area contributed by atoms with Crippen molar-refractivity contribution in [3.05, 3.63) is 12.2 Å². The van der Waals surface area contributed by atoms with Gasteiger partial charge in [0.2, 0.25) is 0 Å². The number of aryl methyl sites for hydroxylation is 1. The van der Waals surface area contributed by atoms with E-state index in [4.69, 9.17) is 0 Å². The molecule has 4 rings (SSSR count). The lowest BCUT2D eigenvalue weighted by Gasteiger charge is -2.29. The molecule has 2 amide bonds. The number of nitrogens with one attached hydrogen (secondary N) is 1. The Bertz CT molecular complexity index is 601. The minimum absolute atomic E-state index is 0.142. The maximum Gasteiger partial charge on any atom is 0.317 e. The zero-order chi connectivity index (χ0) is 17.3. The first-order chi connectivity index (χ1) is 12.2. The molecule has 2 aliphatic carbocycles. The largest absolute Gasteiger partial charge is 0.335 e. The standard InChI is InChI=1S/C19H31N5O/c1-2-23-14-20-22-17(23)16-12-24(13-19(16)10-6-7-11-19)18(25)21-15-8-4-3-5-9-15/h14-16H,2-13H2,1H3,(H,21,25). The molecule has 6 nitrogen and oxygen atoms in total. The Labute approximate surface area is 150 Å². The topological polar surface area (TPSA) is 63.1 Å². The van der Waals surface area contributed by atoms with Gasteiger partial charge >= 0.3 is 6.03 Å². The second kappa shape index (κ2) is 6.96. The first kappa shape index (κ1) is 16.9. The van der Waals surface area contributed by atoms with Gasteiger partial charge in [0.1, 0.15) is 12.2 Å². The third-order valence-corrected chi connectivity index (χ3v) is 6.77. The van der Waals surface area contributed by atoms with Crippen LogP contribution in [0.3, 0.4) is 0 Å². The van der Waals surface area contributed by atoms with Gasteiger partial charge in [-0.15, -0.1) is 10.2 Å². The van der Waals surface area contributed by atoms with Crippen LogP contribution in [0.4, 0.5) is 4.79 Å². The van der Waals surface area contributed by atoms with Crippen molar-refractivity contribution in [3.8, 4) is 0 Å². The maximum absolute atomic E-state index is 12.9. The normalized spacial score (nSPS) is 26.4. The van der Waals surface area contributed by atoms with E-state index >= 15 is 0 Å². The SMILES string of the molecule is CCn1cnnc1C1CN(C(=O)NC2CCCCC2)CC12CCCC2. The van der Waals surface area contributed by atoms with Gasteiger partial charge in [-0.25, -0.2) is 4.79 Å². The third kappa shape index (κ3) is 3.15. The Balaban J connectivity index is 1.51. The molecule has 1 aromatic heterocycles. The van der Waals surface area contributed by atoms with Gasteiger partial charge in [0, 0.05) is 31.6 Å². The highest BCUT2D eigenvalue weighted by atomic mass is 16.2. The van der Waals surface area contributed by atoms with Gasteiger partial charge in [0.15, 0.2) is 0 Å². The minimum Gasteiger partial charge on any atom is -0.335 e. The molecule has 1 aromatic rings. The van der Waals surface area contributed by atoms with E-state index in [0.29, 0.717) is 12.0 Å². The summed E-state index contributed by atoms with van der Waals surface area (Å²) in [5, 5.41) is 11.9. The molecule has 1 N–H and O–H groups in total. The van der Waals surface area contributed by atoms with Gasteiger partial charge in [-0.3, -0.25) is 0 Å². The van der Waals surface area contributed by atoms with Crippen LogP contribution in [0.2, 0.25) is 0 Å². The van der Waals surface area contributed by atoms with Crippen LogP contribution < -0.4 is 5.32 Å². The molecule has 0 aromatic carbocycles. The van der Waals surface area contributed by atoms with Crippen molar-refractivity contribution in [2.75, 3.05) is 13.1 Å². The summed E-state index contributed by atoms with van der Waals surface area (Å²) in [7, 11) is 0. The number of carbonyl (C=O) groups is 1. The number of nitrogens with zero attached hydrogens (tertiary/aromatic N) is 4. The Hall–Kier alpha value is -1.59. The molecule has 138 valence electrons. The van der Waals surface area contributed by atoms with E-state index in [1.54, 1.807) is 0 Å². The first-order valence-corrected chi connectivity index (χ1v) is 10.1. The zero-order valence-electron chi connectivity index (χ0n) is 15.4. The van der Waals surface area contributed by atoms with Gasteiger partial charge in [0.05, 0.1) is 0 Å². The third-order valence-electron chi connectivity index (χ3n) is 6.77. The van der Waals surface area contributed by atoms with E-state index < -0.39 is 0 Å². The van der Waals surface area contributed by atoms with Crippen molar-refractivity contribution in [1.82, 2.24) is 25.0 Å². The highest BCUT2D eigenvalue weighted by Crippen LogP contribution is 2.52. The molecule has 3 aliphatic rings. The van der Waals surface area contributed by atoms with E-state index in [0.717, 1.165) is 38.3 Å². The van der Waals surface area contributed by atoms with Gasteiger partial charge in [-0.05, 0) is 38.0 Å². The zero-order valence-corrected chi connectivity index (χ0v) is 15.4. The summed E-state index contributed by atoms with van der Waals surface area (Å²) in [6.45, 7) is 4.70. The smallest absolute Gasteiger partial charge is 0.317 e. The van der Waals surface area contributed by atoms with E-state index in [9.17, 15) is 4.79 Å². The predicted octanol–water partition coefficient (Wildman–Crippen LogP) is 3.30. The lowest BCUT2D eigenvalue weighted by Crippen LogP contribution is -2.45. The molecule has 3 fully saturated rings. The van der Waals surface area contributed by atoms with Crippen LogP contribution in [0.1, 0.15) is 76.5 Å². The van der Waals surface area contributed by atoms with Gasteiger partial charge < -0.3 is 14.8 Å². The van der Waals surface area contributed by atoms with E-state index in [1.807, 2.05) is 6.33 Å². The second-order valence-corrected chi connectivity index (χ2v) is 8.26. The lowest BCUT2D eigenvalue weighted by molar-refractivity contribution is 0.192. The van der Waals surface area contributed by atoms with Crippen molar-refractivity contribution in [1.29, 1.82) is 0 Å². The van der Waals surface area contributed by atoms with E-state index in [1.165, 1.54) is 44.9 Å². The summed E-state index contributed by atoms with van der Waals surface area (Å²) in [5.41, 5.74) is 0.212. The van der Waals surface area contributed by atoms with Gasteiger partial charge in [-0.1, -0.05) is 32.1 Å². The molecule has 1 aliphatic heterocycles. The molecule has 2 saturated carbocycles. The second-order valence-electron chi connectivity index (χ2n) is 8.26. The van der Waals surface area contributed by atoms with Crippen LogP contribution in [-0.4, -0.2) is 44.8 Å². The summed E-state index contributed by atoms with van der Waals surface area (Å²) in [5.74, 6) is 1.41. The molecular weight excluding hydrogens is 314 g/mol. The Morgan fingerprint density at radius 3 is 2.72 bits per heavy atom. The van der Waals surface area contributed by atoms with Crippen molar-refractivity contribution in [2.45, 2.75) is 83.2 Å². The molecule has 1 spiro atoms. The number of amides is 2. The van der Waals surface area contributed by atoms with Crippen molar-refractivity contribution in [2.24, 2.45) is 5.41 Å². The fourth-order valence-corrected chi connectivity index (χ4v) is 5.36. The fourth-order valence-electron chi connectivity index (χ4n) is 5.36. The van der Waals surface area contributed by atoms with Crippen LogP contribution in [-0.2, 0) is 6.54 Å². The molecule has 1 saturated heterocycles. The molecular formula is C19H31N5O. The molecule has 1 unspecified atom stereocenters. The predicted molar refractivity (Wildman–Crippen MR) is 96.3 cm³/mol. The number of urea groups is 1. The molecule has 25 heavy (non-hydrogen) atoms. The van der Waals surface area contributed by atoms with Crippen LogP contribution in [0.5, 0.6) is 0 Å². The number of likely N-dealkylation sites (tertiary alicyclic amines) is 1. The maximum atomic E-state index is 12.9. The number of aromatic nitrogens is 3. The number of hydrogen-bond acceptors (Lipinski definition) is 3. The Kier molecular flexibility index (Phi) is 4.69. The Morgan fingerprint density at radius 1 is 1.24 bits per heavy atom. The quantitative estimate of drug-likeness (QED) is 0.914. The van der Waals surface area contributed by atoms with Gasteiger partial charge in [0.25, 0.3) is 0 Å². The highest BCUT2D eigenvalue weighted by molar-refractivity contribution is 5.75. The molecule has 6 heteroatoms. The van der Waals surface area contributed by atoms with Crippen LogP contribution in [0, 0.1) is 5.41 Å². The molecule has 1 atom stereocenters. The molecule has 0 radical (unpaired) electrons. The fraction of sp³-hybridized carbons (Fsp3) is 0.842. The highest BCUT2D eigenvalue weighted by Gasteiger charge is 2.51. The van der Waals surface area contributed by atoms with Crippen molar-refractivity contribution < 1.29 is 4.79 Å². The number of carbonyl (C=O) groups excluding carboxylic acids is 1. The van der Waals surface area contributed by atoms with Crippen LogP contribution in [0.15, 0.2) is 6.33 Å². The monoisotopic (exact) mass is 345 g/mol. The average molecular weight is 345 g/mol. The Morgan fingerprint density at radius 2 is 2.00 bits per heavy atom. The number of hydrogen-bond donors (Lipinski definition) is 1. The molecule has 0 bridgehead atoms. The van der Waals surface area contributed by atoms with E-state index in [-0.39, 0.29) is 11.4 Å². The summed E-state index contributed by atoms with van der Waals surface area (Å²) < 4.78 is 2.16. The lowest BCUT2D eigenvalue weighted by atomic mass is 9.76. The summed E-state index contributed by atoms with van der Waals surface area (Å²) in [6, 6.07) is 0.516. The summed E-state index contributed by atoms with van der Waals surface area (Å²) in [6.07, 6.45) is 12.9. The summed E-state index contributed by atoms with van der Waals surface area (Å²) in [4.78, 5) is 15.0. The first-order valence-electron chi connectivity index (χ1n) is 10.1. The van der Waals surface area contributed by atoms with Gasteiger partial charge in [-0.2, -0.15) is 0 Å². The average Bonchev–Trinajstić information content (AvgIpc) is 3.36. The minimum atomic E-state index is 0.142.